The summed E-state index contributed by atoms with van der Waals surface area (Å²) in [5.74, 6) is 0.813. The predicted molar refractivity (Wildman–Crippen MR) is 140 cm³/mol. The molecule has 9 nitrogen and oxygen atoms in total. The highest BCUT2D eigenvalue weighted by Gasteiger charge is 2.20. The number of fused-ring (bicyclic) bond motifs is 1. The number of H-pyrrole nitrogens is 1. The van der Waals surface area contributed by atoms with Crippen molar-refractivity contribution in [2.75, 3.05) is 32.5 Å². The van der Waals surface area contributed by atoms with E-state index < -0.39 is 0 Å². The summed E-state index contributed by atoms with van der Waals surface area (Å²) in [7, 11) is 3.92. The van der Waals surface area contributed by atoms with Crippen LogP contribution in [0.25, 0.3) is 22.2 Å². The van der Waals surface area contributed by atoms with E-state index in [-0.39, 0.29) is 23.7 Å². The van der Waals surface area contributed by atoms with E-state index in [1.807, 2.05) is 76.2 Å². The number of rotatable bonds is 8. The standard InChI is InChI=1S/C27H32N6O3/c1-27(2,3)22-15-23(32-36-22)31-24(34)12-17-6-8-18(9-7-17)20-13-19-14-21(30-25(19)29-16-20)26(35)28-10-11-33(4)5/h6-9,13-16H,10-12H2,1-5H3,(H,28,35)(H,29,30)(H,31,32,34). The van der Waals surface area contributed by atoms with Crippen LogP contribution in [-0.4, -0.2) is 59.0 Å². The number of benzene rings is 1. The van der Waals surface area contributed by atoms with E-state index in [1.165, 1.54) is 0 Å². The molecule has 9 heteroatoms. The van der Waals surface area contributed by atoms with E-state index in [0.29, 0.717) is 29.5 Å². The van der Waals surface area contributed by atoms with Crippen LogP contribution in [0.3, 0.4) is 0 Å². The SMILES string of the molecule is CN(C)CCNC(=O)c1cc2cc(-c3ccc(CC(=O)Nc4cc(C(C)(C)C)on4)cc3)cnc2[nH]1. The molecule has 0 fully saturated rings. The molecule has 0 bridgehead atoms. The molecule has 4 aromatic rings. The Bertz CT molecular complexity index is 1360. The first-order chi connectivity index (χ1) is 17.1. The average Bonchev–Trinajstić information content (AvgIpc) is 3.46. The maximum atomic E-state index is 12.5. The fraction of sp³-hybridized carbons (Fsp3) is 0.333. The lowest BCUT2D eigenvalue weighted by Crippen LogP contribution is -2.31. The molecule has 188 valence electrons. The summed E-state index contributed by atoms with van der Waals surface area (Å²) in [6.07, 6.45) is 1.99. The molecule has 0 aliphatic rings. The number of carbonyl (C=O) groups is 2. The van der Waals surface area contributed by atoms with Gasteiger partial charge >= 0.3 is 0 Å². The highest BCUT2D eigenvalue weighted by Crippen LogP contribution is 2.25. The molecule has 4 rings (SSSR count). The van der Waals surface area contributed by atoms with Crippen molar-refractivity contribution in [2.45, 2.75) is 32.6 Å². The number of aromatic amines is 1. The highest BCUT2D eigenvalue weighted by atomic mass is 16.5. The normalized spacial score (nSPS) is 11.7. The Morgan fingerprint density at radius 1 is 1.06 bits per heavy atom. The van der Waals surface area contributed by atoms with Crippen molar-refractivity contribution >= 4 is 28.7 Å². The summed E-state index contributed by atoms with van der Waals surface area (Å²) < 4.78 is 5.32. The summed E-state index contributed by atoms with van der Waals surface area (Å²) >= 11 is 0. The minimum atomic E-state index is -0.177. The van der Waals surface area contributed by atoms with Crippen molar-refractivity contribution in [1.82, 2.24) is 25.3 Å². The lowest BCUT2D eigenvalue weighted by molar-refractivity contribution is -0.115. The number of amides is 2. The Hall–Kier alpha value is -3.98. The zero-order chi connectivity index (χ0) is 25.9. The van der Waals surface area contributed by atoms with E-state index in [1.54, 1.807) is 12.3 Å². The van der Waals surface area contributed by atoms with Crippen molar-refractivity contribution in [2.24, 2.45) is 0 Å². The summed E-state index contributed by atoms with van der Waals surface area (Å²) in [5, 5.41) is 10.5. The number of hydrogen-bond donors (Lipinski definition) is 3. The molecule has 36 heavy (non-hydrogen) atoms. The van der Waals surface area contributed by atoms with Crippen LogP contribution in [-0.2, 0) is 16.6 Å². The van der Waals surface area contributed by atoms with Gasteiger partial charge in [-0.15, -0.1) is 0 Å². The molecule has 0 unspecified atom stereocenters. The molecule has 0 saturated carbocycles. The van der Waals surface area contributed by atoms with Crippen LogP contribution >= 0.6 is 0 Å². The van der Waals surface area contributed by atoms with Gasteiger partial charge < -0.3 is 25.0 Å². The molecule has 0 saturated heterocycles. The molecule has 3 N–H and O–H groups in total. The van der Waals surface area contributed by atoms with E-state index in [4.69, 9.17) is 4.52 Å². The van der Waals surface area contributed by atoms with Crippen LogP contribution < -0.4 is 10.6 Å². The van der Waals surface area contributed by atoms with Crippen LogP contribution in [0.4, 0.5) is 5.82 Å². The molecule has 0 aliphatic carbocycles. The van der Waals surface area contributed by atoms with Crippen LogP contribution in [0.15, 0.2) is 53.2 Å². The molecular weight excluding hydrogens is 456 g/mol. The lowest BCUT2D eigenvalue weighted by Gasteiger charge is -2.12. The molecule has 0 radical (unpaired) electrons. The van der Waals surface area contributed by atoms with Crippen molar-refractivity contribution in [3.05, 3.63) is 65.7 Å². The second-order valence-corrected chi connectivity index (χ2v) is 10.2. The van der Waals surface area contributed by atoms with E-state index in [0.717, 1.165) is 28.6 Å². The van der Waals surface area contributed by atoms with Gasteiger partial charge in [0, 0.05) is 41.7 Å². The first-order valence-electron chi connectivity index (χ1n) is 11.9. The van der Waals surface area contributed by atoms with Crippen LogP contribution in [0.5, 0.6) is 0 Å². The highest BCUT2D eigenvalue weighted by molar-refractivity contribution is 5.98. The fourth-order valence-corrected chi connectivity index (χ4v) is 3.66. The van der Waals surface area contributed by atoms with Gasteiger partial charge in [-0.25, -0.2) is 4.98 Å². The molecule has 3 aromatic heterocycles. The molecule has 0 spiro atoms. The van der Waals surface area contributed by atoms with E-state index in [9.17, 15) is 9.59 Å². The van der Waals surface area contributed by atoms with Gasteiger partial charge in [0.25, 0.3) is 5.91 Å². The third kappa shape index (κ3) is 6.17. The lowest BCUT2D eigenvalue weighted by atomic mass is 9.93. The summed E-state index contributed by atoms with van der Waals surface area (Å²) in [6, 6.07) is 13.3. The van der Waals surface area contributed by atoms with Gasteiger partial charge in [0.05, 0.1) is 6.42 Å². The first-order valence-corrected chi connectivity index (χ1v) is 11.9. The smallest absolute Gasteiger partial charge is 0.267 e. The third-order valence-corrected chi connectivity index (χ3v) is 5.73. The van der Waals surface area contributed by atoms with Gasteiger partial charge in [0.15, 0.2) is 5.82 Å². The Labute approximate surface area is 210 Å². The van der Waals surface area contributed by atoms with Crippen LogP contribution in [0, 0.1) is 0 Å². The first kappa shape index (κ1) is 25.1. The molecule has 0 atom stereocenters. The zero-order valence-corrected chi connectivity index (χ0v) is 21.3. The Balaban J connectivity index is 1.39. The molecule has 1 aromatic carbocycles. The third-order valence-electron chi connectivity index (χ3n) is 5.73. The Morgan fingerprint density at radius 2 is 1.81 bits per heavy atom. The monoisotopic (exact) mass is 488 g/mol. The number of anilines is 1. The Kier molecular flexibility index (Phi) is 7.21. The van der Waals surface area contributed by atoms with E-state index in [2.05, 4.69) is 25.8 Å². The molecular formula is C27H32N6O3. The minimum Gasteiger partial charge on any atom is -0.359 e. The molecule has 0 aliphatic heterocycles. The van der Waals surface area contributed by atoms with Crippen molar-refractivity contribution < 1.29 is 14.1 Å². The largest absolute Gasteiger partial charge is 0.359 e. The summed E-state index contributed by atoms with van der Waals surface area (Å²) in [4.78, 5) is 34.4. The van der Waals surface area contributed by atoms with Crippen molar-refractivity contribution in [3.63, 3.8) is 0 Å². The minimum absolute atomic E-state index is 0.153. The number of hydrogen-bond acceptors (Lipinski definition) is 6. The van der Waals surface area contributed by atoms with Gasteiger partial charge in [-0.05, 0) is 37.4 Å². The van der Waals surface area contributed by atoms with Gasteiger partial charge in [-0.1, -0.05) is 50.2 Å². The summed E-state index contributed by atoms with van der Waals surface area (Å²) in [5.41, 5.74) is 3.74. The predicted octanol–water partition coefficient (Wildman–Crippen LogP) is 3.99. The van der Waals surface area contributed by atoms with Gasteiger partial charge in [-0.2, -0.15) is 0 Å². The topological polar surface area (TPSA) is 116 Å². The number of nitrogens with one attached hydrogen (secondary N) is 3. The zero-order valence-electron chi connectivity index (χ0n) is 21.3. The number of nitrogens with zero attached hydrogens (tertiary/aromatic N) is 3. The molecule has 2 amide bonds. The van der Waals surface area contributed by atoms with Crippen molar-refractivity contribution in [3.8, 4) is 11.1 Å². The van der Waals surface area contributed by atoms with Gasteiger partial charge in [-0.3, -0.25) is 9.59 Å². The average molecular weight is 489 g/mol. The van der Waals surface area contributed by atoms with Crippen molar-refractivity contribution in [1.29, 1.82) is 0 Å². The fourth-order valence-electron chi connectivity index (χ4n) is 3.66. The summed E-state index contributed by atoms with van der Waals surface area (Å²) in [6.45, 7) is 7.40. The number of likely N-dealkylation sites (N-methyl/N-ethyl adjacent to an activating group) is 1. The van der Waals surface area contributed by atoms with Crippen LogP contribution in [0.1, 0.15) is 42.6 Å². The second kappa shape index (κ2) is 10.3. The van der Waals surface area contributed by atoms with E-state index >= 15 is 0 Å². The number of pyridine rings is 1. The Morgan fingerprint density at radius 3 is 2.47 bits per heavy atom. The second-order valence-electron chi connectivity index (χ2n) is 10.2. The number of carbonyl (C=O) groups excluding carboxylic acids is 2. The van der Waals surface area contributed by atoms with Gasteiger partial charge in [0.2, 0.25) is 5.91 Å². The quantitative estimate of drug-likeness (QED) is 0.345. The maximum absolute atomic E-state index is 12.5. The maximum Gasteiger partial charge on any atom is 0.267 e. The van der Waals surface area contributed by atoms with Gasteiger partial charge in [0.1, 0.15) is 17.1 Å². The number of aromatic nitrogens is 3. The van der Waals surface area contributed by atoms with Crippen LogP contribution in [0.2, 0.25) is 0 Å². The molecule has 3 heterocycles.